The molecule has 0 aliphatic carbocycles. The smallest absolute Gasteiger partial charge is 0.175 e. The first kappa shape index (κ1) is 35.9. The summed E-state index contributed by atoms with van der Waals surface area (Å²) in [7, 11) is -11.0. The first-order valence-corrected chi connectivity index (χ1v) is 22.6. The van der Waals surface area contributed by atoms with E-state index < -0.39 is 41.5 Å². The highest BCUT2D eigenvalue weighted by Gasteiger charge is 2.30. The van der Waals surface area contributed by atoms with Gasteiger partial charge in [-0.3, -0.25) is 0 Å². The number of aliphatic hydroxyl groups is 1. The molecule has 2 heterocycles. The molecular formula is C33H28Cl2N2O7S5. The van der Waals surface area contributed by atoms with Crippen LogP contribution in [0.3, 0.4) is 0 Å². The summed E-state index contributed by atoms with van der Waals surface area (Å²) in [5.74, 6) is -0.509. The van der Waals surface area contributed by atoms with Gasteiger partial charge >= 0.3 is 0 Å². The maximum atomic E-state index is 13.0. The van der Waals surface area contributed by atoms with Gasteiger partial charge in [0.25, 0.3) is 0 Å². The molecule has 0 aliphatic rings. The third-order valence-electron chi connectivity index (χ3n) is 7.63. The van der Waals surface area contributed by atoms with Crippen LogP contribution in [0.5, 0.6) is 0 Å². The van der Waals surface area contributed by atoms with E-state index >= 15 is 0 Å². The summed E-state index contributed by atoms with van der Waals surface area (Å²) < 4.78 is 77.8. The van der Waals surface area contributed by atoms with Crippen molar-refractivity contribution >= 4 is 98.0 Å². The molecule has 6 rings (SSSR count). The van der Waals surface area contributed by atoms with E-state index in [1.807, 2.05) is 0 Å². The molecule has 256 valence electrons. The van der Waals surface area contributed by atoms with Crippen molar-refractivity contribution in [3.63, 3.8) is 0 Å². The fourth-order valence-electron chi connectivity index (χ4n) is 5.42. The highest BCUT2D eigenvalue weighted by Crippen LogP contribution is 2.47. The monoisotopic (exact) mass is 794 g/mol. The van der Waals surface area contributed by atoms with E-state index in [1.54, 1.807) is 60.7 Å². The van der Waals surface area contributed by atoms with Crippen LogP contribution in [-0.4, -0.2) is 58.7 Å². The predicted octanol–water partition coefficient (Wildman–Crippen LogP) is 7.62. The minimum Gasteiger partial charge on any atom is -0.368 e. The Morgan fingerprint density at radius 3 is 1.76 bits per heavy atom. The Balaban J connectivity index is 1.69. The number of fused-ring (bicyclic) bond motifs is 2. The number of aliphatic hydroxyl groups excluding tert-OH is 1. The molecule has 1 unspecified atom stereocenters. The summed E-state index contributed by atoms with van der Waals surface area (Å²) in [6, 6.07) is 23.1. The van der Waals surface area contributed by atoms with Gasteiger partial charge in [0.2, 0.25) is 0 Å². The first-order valence-electron chi connectivity index (χ1n) is 14.4. The number of H-pyrrole nitrogens is 1. The number of hydrogen-bond donors (Lipinski definition) is 2. The molecule has 0 amide bonds. The highest BCUT2D eigenvalue weighted by molar-refractivity contribution is 8.00. The zero-order chi connectivity index (χ0) is 35.5. The standard InChI is InChI=1S/C33H28Cl2N2O7S5/c1-47(39,40)18-27-31(45-28-10-6-4-8-23(28)34)22-15-13-20(49(3,43)44)17-26(22)37(27)33(38)30-32(46-29-11-7-5-9-24(29)35)21-14-12-19(48(2,41)42)16-25(21)36-30/h4-17,33,36,38H,18H2,1-3H3. The van der Waals surface area contributed by atoms with Crippen molar-refractivity contribution in [2.24, 2.45) is 0 Å². The normalized spacial score (nSPS) is 13.3. The number of aromatic amines is 1. The van der Waals surface area contributed by atoms with Gasteiger partial charge in [0.05, 0.1) is 42.5 Å². The molecule has 6 aromatic rings. The van der Waals surface area contributed by atoms with Crippen LogP contribution >= 0.6 is 46.7 Å². The van der Waals surface area contributed by atoms with E-state index in [9.17, 15) is 30.4 Å². The van der Waals surface area contributed by atoms with Crippen molar-refractivity contribution in [1.29, 1.82) is 0 Å². The van der Waals surface area contributed by atoms with Crippen molar-refractivity contribution in [2.75, 3.05) is 18.8 Å². The molecule has 2 aromatic heterocycles. The molecule has 1 atom stereocenters. The molecule has 0 bridgehead atoms. The van der Waals surface area contributed by atoms with Crippen LogP contribution in [0.25, 0.3) is 21.8 Å². The number of aromatic nitrogens is 2. The van der Waals surface area contributed by atoms with Gasteiger partial charge in [-0.2, -0.15) is 0 Å². The van der Waals surface area contributed by atoms with Gasteiger partial charge in [-0.1, -0.05) is 83.1 Å². The first-order chi connectivity index (χ1) is 22.9. The predicted molar refractivity (Wildman–Crippen MR) is 197 cm³/mol. The molecule has 16 heteroatoms. The molecule has 4 aromatic carbocycles. The molecule has 0 spiro atoms. The second-order valence-electron chi connectivity index (χ2n) is 11.5. The maximum absolute atomic E-state index is 13.0. The van der Waals surface area contributed by atoms with E-state index in [1.165, 1.54) is 52.4 Å². The summed E-state index contributed by atoms with van der Waals surface area (Å²) in [6.45, 7) is 0. The van der Waals surface area contributed by atoms with Crippen molar-refractivity contribution in [3.8, 4) is 0 Å². The van der Waals surface area contributed by atoms with Crippen LogP contribution in [0.4, 0.5) is 0 Å². The number of nitrogens with one attached hydrogen (secondary N) is 1. The Morgan fingerprint density at radius 1 is 0.714 bits per heavy atom. The molecule has 49 heavy (non-hydrogen) atoms. The molecule has 9 nitrogen and oxygen atoms in total. The number of hydrogen-bond acceptors (Lipinski definition) is 9. The molecule has 0 saturated carbocycles. The van der Waals surface area contributed by atoms with E-state index in [2.05, 4.69) is 4.98 Å². The van der Waals surface area contributed by atoms with Crippen LogP contribution < -0.4 is 0 Å². The topological polar surface area (TPSA) is 143 Å². The Hall–Kier alpha value is -2.95. The largest absolute Gasteiger partial charge is 0.368 e. The van der Waals surface area contributed by atoms with E-state index in [0.717, 1.165) is 18.8 Å². The van der Waals surface area contributed by atoms with Crippen molar-refractivity contribution < 1.29 is 30.4 Å². The van der Waals surface area contributed by atoms with Gasteiger partial charge < -0.3 is 14.7 Å². The number of halogens is 2. The van der Waals surface area contributed by atoms with E-state index in [4.69, 9.17) is 23.2 Å². The SMILES string of the molecule is CS(=O)(=O)Cc1c(Sc2ccccc2Cl)c2ccc(S(C)(=O)=O)cc2n1C(O)c1[nH]c2cc(S(C)(=O)=O)ccc2c1Sc1ccccc1Cl. The lowest BCUT2D eigenvalue weighted by Gasteiger charge is -2.19. The number of nitrogens with zero attached hydrogens (tertiary/aromatic N) is 1. The van der Waals surface area contributed by atoms with Gasteiger partial charge in [0, 0.05) is 54.6 Å². The third kappa shape index (κ3) is 7.42. The summed E-state index contributed by atoms with van der Waals surface area (Å²) in [4.78, 5) is 5.43. The Bertz CT molecular complexity index is 2620. The Kier molecular flexibility index (Phi) is 9.74. The minimum atomic E-state index is -3.73. The zero-order valence-corrected chi connectivity index (χ0v) is 31.6. The second-order valence-corrected chi connectivity index (χ2v) is 20.5. The zero-order valence-electron chi connectivity index (χ0n) is 26.0. The molecule has 0 aliphatic heterocycles. The Labute approximate surface area is 302 Å². The summed E-state index contributed by atoms with van der Waals surface area (Å²) in [5, 5.41) is 14.4. The van der Waals surface area contributed by atoms with Crippen LogP contribution in [0.1, 0.15) is 17.6 Å². The molecule has 0 saturated heterocycles. The van der Waals surface area contributed by atoms with Crippen LogP contribution in [0, 0.1) is 0 Å². The number of rotatable bonds is 10. The third-order valence-corrected chi connectivity index (χ3v) is 14.0. The van der Waals surface area contributed by atoms with Crippen molar-refractivity contribution in [3.05, 3.63) is 106 Å². The summed E-state index contributed by atoms with van der Waals surface area (Å²) in [5.41, 5.74) is 1.06. The lowest BCUT2D eigenvalue weighted by molar-refractivity contribution is 0.141. The maximum Gasteiger partial charge on any atom is 0.175 e. The molecule has 0 fully saturated rings. The summed E-state index contributed by atoms with van der Waals surface area (Å²) in [6.07, 6.45) is 1.60. The molecular weight excluding hydrogens is 768 g/mol. The number of sulfone groups is 3. The average molecular weight is 796 g/mol. The second kappa shape index (κ2) is 13.3. The van der Waals surface area contributed by atoms with Gasteiger partial charge in [-0.25, -0.2) is 25.3 Å². The fraction of sp³-hybridized carbons (Fsp3) is 0.152. The van der Waals surface area contributed by atoms with Gasteiger partial charge in [-0.15, -0.1) is 0 Å². The number of benzene rings is 4. The van der Waals surface area contributed by atoms with E-state index in [0.29, 0.717) is 45.9 Å². The van der Waals surface area contributed by atoms with Gasteiger partial charge in [0.15, 0.2) is 35.7 Å². The highest BCUT2D eigenvalue weighted by atomic mass is 35.5. The van der Waals surface area contributed by atoms with Crippen LogP contribution in [0.15, 0.2) is 114 Å². The van der Waals surface area contributed by atoms with Crippen LogP contribution in [0.2, 0.25) is 10.0 Å². The Morgan fingerprint density at radius 2 is 1.22 bits per heavy atom. The van der Waals surface area contributed by atoms with E-state index in [-0.39, 0.29) is 26.7 Å². The van der Waals surface area contributed by atoms with Gasteiger partial charge in [0.1, 0.15) is 0 Å². The summed E-state index contributed by atoms with van der Waals surface area (Å²) >= 11 is 15.5. The molecule has 0 radical (unpaired) electrons. The lowest BCUT2D eigenvalue weighted by Crippen LogP contribution is -2.16. The van der Waals surface area contributed by atoms with Crippen LogP contribution in [-0.2, 0) is 35.3 Å². The quantitative estimate of drug-likeness (QED) is 0.143. The fourth-order valence-corrected chi connectivity index (χ4v) is 10.3. The minimum absolute atomic E-state index is 0.0359. The van der Waals surface area contributed by atoms with Gasteiger partial charge in [-0.05, 0) is 48.5 Å². The molecule has 2 N–H and O–H groups in total. The lowest BCUT2D eigenvalue weighted by atomic mass is 10.2. The van der Waals surface area contributed by atoms with Crippen molar-refractivity contribution in [2.45, 2.75) is 41.4 Å². The van der Waals surface area contributed by atoms with Crippen molar-refractivity contribution in [1.82, 2.24) is 9.55 Å². The average Bonchev–Trinajstić information content (AvgIpc) is 3.51.